The molecular weight excluding hydrogens is 297 g/mol. The molecule has 5 N–H and O–H groups in total. The van der Waals surface area contributed by atoms with E-state index < -0.39 is 0 Å². The Bertz CT molecular complexity index is 299. The van der Waals surface area contributed by atoms with E-state index in [9.17, 15) is 0 Å². The van der Waals surface area contributed by atoms with Crippen molar-refractivity contribution in [3.05, 3.63) is 18.2 Å². The van der Waals surface area contributed by atoms with Crippen molar-refractivity contribution in [1.29, 1.82) is 0 Å². The van der Waals surface area contributed by atoms with E-state index in [-0.39, 0.29) is 43.0 Å². The summed E-state index contributed by atoms with van der Waals surface area (Å²) in [6.07, 6.45) is 1.26. The van der Waals surface area contributed by atoms with Crippen molar-refractivity contribution in [3.63, 3.8) is 0 Å². The minimum atomic E-state index is 0. The fourth-order valence-corrected chi connectivity index (χ4v) is 1.02. The molecule has 4 nitrogen and oxygen atoms in total. The minimum absolute atomic E-state index is 0. The number of nitrogens with zero attached hydrogens (tertiary/aromatic N) is 1. The van der Waals surface area contributed by atoms with Gasteiger partial charge in [-0.1, -0.05) is 6.92 Å². The maximum atomic E-state index is 8.86. The molecule has 0 spiro atoms. The average Bonchev–Trinajstić information content (AvgIpc) is 2.13. The van der Waals surface area contributed by atoms with Crippen molar-refractivity contribution < 1.29 is 5.11 Å². The van der Waals surface area contributed by atoms with Gasteiger partial charge in [0.25, 0.3) is 0 Å². The van der Waals surface area contributed by atoms with Crippen LogP contribution in [-0.4, -0.2) is 30.6 Å². The molecule has 0 aliphatic carbocycles. The second kappa shape index (κ2) is 14.5. The number of benzene rings is 1. The van der Waals surface area contributed by atoms with Crippen molar-refractivity contribution in [3.8, 4) is 5.75 Å². The Morgan fingerprint density at radius 3 is 1.83 bits per heavy atom. The van der Waals surface area contributed by atoms with Crippen LogP contribution in [0.2, 0.25) is 0 Å². The van der Waals surface area contributed by atoms with Crippen molar-refractivity contribution >= 4 is 48.6 Å². The van der Waals surface area contributed by atoms with Crippen molar-refractivity contribution in [2.45, 2.75) is 13.3 Å². The quantitative estimate of drug-likeness (QED) is 0.445. The molecule has 1 aromatic carbocycles. The molecule has 0 unspecified atom stereocenters. The average molecular weight is 321 g/mol. The van der Waals surface area contributed by atoms with E-state index in [1.807, 2.05) is 0 Å². The molecule has 18 heavy (non-hydrogen) atoms. The van der Waals surface area contributed by atoms with Gasteiger partial charge in [-0.25, -0.2) is 0 Å². The molecule has 0 radical (unpaired) electrons. The van der Waals surface area contributed by atoms with Gasteiger partial charge in [-0.3, -0.25) is 0 Å². The molecule has 0 heterocycles. The smallest absolute Gasteiger partial charge is 0.138 e. The predicted molar refractivity (Wildman–Crippen MR) is 87.5 cm³/mol. The zero-order chi connectivity index (χ0) is 11.8. The Morgan fingerprint density at radius 1 is 1.11 bits per heavy atom. The number of rotatable bonds is 2. The van der Waals surface area contributed by atoms with Gasteiger partial charge in [0.1, 0.15) is 5.75 Å². The van der Waals surface area contributed by atoms with Crippen LogP contribution in [0.3, 0.4) is 0 Å². The van der Waals surface area contributed by atoms with Crippen LogP contribution in [0.5, 0.6) is 5.75 Å². The maximum Gasteiger partial charge on any atom is 0.138 e. The van der Waals surface area contributed by atoms with E-state index in [0.29, 0.717) is 11.4 Å². The third kappa shape index (κ3) is 13.5. The topological polar surface area (TPSA) is 75.5 Å². The monoisotopic (exact) mass is 319 g/mol. The van der Waals surface area contributed by atoms with E-state index in [2.05, 4.69) is 25.9 Å². The molecule has 0 saturated heterocycles. The predicted octanol–water partition coefficient (Wildman–Crippen LogP) is 2.78. The first-order chi connectivity index (χ1) is 6.97. The number of anilines is 2. The van der Waals surface area contributed by atoms with Crippen LogP contribution in [0, 0.1) is 0 Å². The zero-order valence-corrected chi connectivity index (χ0v) is 13.4. The van der Waals surface area contributed by atoms with Gasteiger partial charge in [0.15, 0.2) is 0 Å². The summed E-state index contributed by atoms with van der Waals surface area (Å²) in [5.74, 6) is 0.0733. The van der Waals surface area contributed by atoms with Crippen LogP contribution in [0.15, 0.2) is 18.2 Å². The molecule has 1 rings (SSSR count). The molecule has 110 valence electrons. The van der Waals surface area contributed by atoms with Gasteiger partial charge in [-0.2, -0.15) is 0 Å². The number of halogens is 3. The van der Waals surface area contributed by atoms with Gasteiger partial charge in [-0.05, 0) is 45.3 Å². The summed E-state index contributed by atoms with van der Waals surface area (Å²) >= 11 is 0. The third-order valence-electron chi connectivity index (χ3n) is 1.72. The van der Waals surface area contributed by atoms with E-state index in [4.69, 9.17) is 16.6 Å². The van der Waals surface area contributed by atoms with Crippen molar-refractivity contribution in [2.75, 3.05) is 32.1 Å². The lowest BCUT2D eigenvalue weighted by Crippen LogP contribution is -2.11. The lowest BCUT2D eigenvalue weighted by atomic mass is 10.3. The summed E-state index contributed by atoms with van der Waals surface area (Å²) in [6, 6.07) is 4.56. The van der Waals surface area contributed by atoms with Crippen LogP contribution in [0.4, 0.5) is 11.4 Å². The normalized spacial score (nSPS) is 8.00. The molecule has 0 amide bonds. The molecule has 0 saturated carbocycles. The van der Waals surface area contributed by atoms with Crippen molar-refractivity contribution in [1.82, 2.24) is 4.90 Å². The largest absolute Gasteiger partial charge is 0.506 e. The highest BCUT2D eigenvalue weighted by atomic mass is 35.5. The van der Waals surface area contributed by atoms with Gasteiger partial charge in [0, 0.05) is 5.69 Å². The van der Waals surface area contributed by atoms with E-state index in [1.165, 1.54) is 25.1 Å². The second-order valence-corrected chi connectivity index (χ2v) is 3.62. The van der Waals surface area contributed by atoms with Gasteiger partial charge in [0.05, 0.1) is 5.69 Å². The number of hydrogen-bond acceptors (Lipinski definition) is 4. The molecule has 7 heteroatoms. The molecule has 0 bridgehead atoms. The summed E-state index contributed by atoms with van der Waals surface area (Å²) in [5.41, 5.74) is 11.5. The molecule has 0 atom stereocenters. The first kappa shape index (κ1) is 26.1. The fraction of sp³-hybridized carbons (Fsp3) is 0.455. The summed E-state index contributed by atoms with van der Waals surface area (Å²) in [7, 11) is 4.17. The highest BCUT2D eigenvalue weighted by Gasteiger charge is 1.93. The first-order valence-electron chi connectivity index (χ1n) is 4.96. The third-order valence-corrected chi connectivity index (χ3v) is 1.72. The Kier molecular flexibility index (Phi) is 21.0. The van der Waals surface area contributed by atoms with Crippen molar-refractivity contribution in [2.24, 2.45) is 0 Å². The summed E-state index contributed by atoms with van der Waals surface area (Å²) in [6.45, 7) is 3.39. The Morgan fingerprint density at radius 2 is 1.61 bits per heavy atom. The minimum Gasteiger partial charge on any atom is -0.506 e. The summed E-state index contributed by atoms with van der Waals surface area (Å²) in [5, 5.41) is 8.86. The van der Waals surface area contributed by atoms with Crippen LogP contribution in [0.1, 0.15) is 13.3 Å². The van der Waals surface area contributed by atoms with Crippen LogP contribution in [0.25, 0.3) is 0 Å². The fourth-order valence-electron chi connectivity index (χ4n) is 1.02. The van der Waals surface area contributed by atoms with Crippen LogP contribution in [-0.2, 0) is 0 Å². The van der Waals surface area contributed by atoms with Crippen LogP contribution < -0.4 is 11.5 Å². The number of nitrogen functional groups attached to an aromatic ring is 2. The first-order valence-corrected chi connectivity index (χ1v) is 4.96. The summed E-state index contributed by atoms with van der Waals surface area (Å²) < 4.78 is 0. The van der Waals surface area contributed by atoms with Gasteiger partial charge >= 0.3 is 0 Å². The standard InChI is InChI=1S/C6H8N2O.C5H13N.3ClH/c7-4-1-2-6(9)5(8)3-4;1-4-5-6(2)3;;;/h1-3,9H,7-8H2;4-5H2,1-3H3;3*1H. The lowest BCUT2D eigenvalue weighted by molar-refractivity contribution is 0.408. The number of nitrogens with two attached hydrogens (primary N) is 2. The van der Waals surface area contributed by atoms with E-state index in [1.54, 1.807) is 6.07 Å². The highest BCUT2D eigenvalue weighted by Crippen LogP contribution is 2.20. The van der Waals surface area contributed by atoms with E-state index >= 15 is 0 Å². The zero-order valence-electron chi connectivity index (χ0n) is 10.9. The molecule has 0 aliphatic rings. The molecule has 0 aromatic heterocycles. The summed E-state index contributed by atoms with van der Waals surface area (Å²) in [4.78, 5) is 2.18. The van der Waals surface area contributed by atoms with E-state index in [0.717, 1.165) is 0 Å². The Labute approximate surface area is 128 Å². The van der Waals surface area contributed by atoms with Gasteiger partial charge in [0.2, 0.25) is 0 Å². The highest BCUT2D eigenvalue weighted by molar-refractivity contribution is 5.86. The van der Waals surface area contributed by atoms with Crippen LogP contribution >= 0.6 is 37.2 Å². The molecular formula is C11H24Cl3N3O. The number of hydrogen-bond donors (Lipinski definition) is 3. The van der Waals surface area contributed by atoms with Gasteiger partial charge < -0.3 is 21.5 Å². The van der Waals surface area contributed by atoms with Gasteiger partial charge in [-0.15, -0.1) is 37.2 Å². The lowest BCUT2D eigenvalue weighted by Gasteiger charge is -2.03. The number of phenols is 1. The molecule has 1 aromatic rings. The molecule has 0 fully saturated rings. The second-order valence-electron chi connectivity index (χ2n) is 3.62. The SMILES string of the molecule is CCCN(C)C.Cl.Cl.Cl.Nc1ccc(O)c(N)c1. The Hall–Kier alpha value is -0.550. The molecule has 0 aliphatic heterocycles. The maximum absolute atomic E-state index is 8.86. The Balaban J connectivity index is -0.0000000992. The number of aromatic hydroxyl groups is 1. The number of phenolic OH excluding ortho intramolecular Hbond substituents is 1.